The Bertz CT molecular complexity index is 736. The summed E-state index contributed by atoms with van der Waals surface area (Å²) in [5.74, 6) is -0.948. The second-order valence-corrected chi connectivity index (χ2v) is 5.74. The monoisotopic (exact) mass is 327 g/mol. The van der Waals surface area contributed by atoms with E-state index in [0.29, 0.717) is 19.4 Å². The molecule has 2 aromatic rings. The standard InChI is InChI=1S/C18H18FN3O2/c19-14-6-1-2-8-16(14)22-10-4-7-15(18(22)24)21-17(23)11-13-5-3-9-20-12-13/h1-3,5-6,8-9,12,15H,4,7,10-11H2,(H,21,23)/t15-/m1/s1. The predicted molar refractivity (Wildman–Crippen MR) is 87.9 cm³/mol. The van der Waals surface area contributed by atoms with Crippen molar-refractivity contribution in [2.75, 3.05) is 11.4 Å². The molecule has 24 heavy (non-hydrogen) atoms. The van der Waals surface area contributed by atoms with Gasteiger partial charge in [-0.2, -0.15) is 0 Å². The summed E-state index contributed by atoms with van der Waals surface area (Å²) in [5.41, 5.74) is 1.04. The lowest BCUT2D eigenvalue weighted by molar-refractivity contribution is -0.128. The second-order valence-electron chi connectivity index (χ2n) is 5.74. The molecule has 3 rings (SSSR count). The van der Waals surface area contributed by atoms with Crippen molar-refractivity contribution in [3.8, 4) is 0 Å². The normalized spacial score (nSPS) is 17.6. The van der Waals surface area contributed by atoms with Crippen molar-refractivity contribution < 1.29 is 14.0 Å². The molecular formula is C18H18FN3O2. The Morgan fingerprint density at radius 3 is 2.88 bits per heavy atom. The predicted octanol–water partition coefficient (Wildman–Crippen LogP) is 2.08. The molecule has 2 amide bonds. The molecule has 1 aliphatic rings. The highest BCUT2D eigenvalue weighted by molar-refractivity contribution is 6.00. The van der Waals surface area contributed by atoms with Crippen LogP contribution in [0.4, 0.5) is 10.1 Å². The van der Waals surface area contributed by atoms with Crippen molar-refractivity contribution in [2.45, 2.75) is 25.3 Å². The third-order valence-corrected chi connectivity index (χ3v) is 4.00. The lowest BCUT2D eigenvalue weighted by atomic mass is 10.0. The maximum absolute atomic E-state index is 13.9. The Morgan fingerprint density at radius 2 is 2.12 bits per heavy atom. The number of halogens is 1. The van der Waals surface area contributed by atoms with Gasteiger partial charge in [0.05, 0.1) is 12.1 Å². The van der Waals surface area contributed by atoms with E-state index in [1.165, 1.54) is 11.0 Å². The fourth-order valence-electron chi connectivity index (χ4n) is 2.85. The van der Waals surface area contributed by atoms with E-state index in [-0.39, 0.29) is 23.9 Å². The quantitative estimate of drug-likeness (QED) is 0.935. The highest BCUT2D eigenvalue weighted by Crippen LogP contribution is 2.23. The molecule has 0 bridgehead atoms. The first kappa shape index (κ1) is 16.1. The Kier molecular flexibility index (Phi) is 4.84. The van der Waals surface area contributed by atoms with Crippen LogP contribution in [0.15, 0.2) is 48.8 Å². The Balaban J connectivity index is 1.67. The molecule has 1 aliphatic heterocycles. The molecule has 1 saturated heterocycles. The molecule has 6 heteroatoms. The van der Waals surface area contributed by atoms with Gasteiger partial charge in [-0.05, 0) is 36.6 Å². The zero-order valence-electron chi connectivity index (χ0n) is 13.1. The number of carbonyl (C=O) groups excluding carboxylic acids is 2. The minimum absolute atomic E-state index is 0.164. The van der Waals surface area contributed by atoms with Crippen LogP contribution in [-0.2, 0) is 16.0 Å². The molecule has 0 saturated carbocycles. The molecule has 1 N–H and O–H groups in total. The first-order valence-electron chi connectivity index (χ1n) is 7.89. The molecule has 1 aromatic carbocycles. The topological polar surface area (TPSA) is 62.3 Å². The fraction of sp³-hybridized carbons (Fsp3) is 0.278. The zero-order valence-corrected chi connectivity index (χ0v) is 13.1. The average Bonchev–Trinajstić information content (AvgIpc) is 2.58. The van der Waals surface area contributed by atoms with Gasteiger partial charge >= 0.3 is 0 Å². The number of pyridine rings is 1. The van der Waals surface area contributed by atoms with E-state index >= 15 is 0 Å². The maximum Gasteiger partial charge on any atom is 0.249 e. The van der Waals surface area contributed by atoms with Crippen LogP contribution in [0.2, 0.25) is 0 Å². The smallest absolute Gasteiger partial charge is 0.249 e. The number of nitrogens with zero attached hydrogens (tertiary/aromatic N) is 2. The van der Waals surface area contributed by atoms with Crippen molar-refractivity contribution in [1.29, 1.82) is 0 Å². The largest absolute Gasteiger partial charge is 0.344 e. The Hall–Kier alpha value is -2.76. The van der Waals surface area contributed by atoms with Gasteiger partial charge in [-0.15, -0.1) is 0 Å². The van der Waals surface area contributed by atoms with Crippen LogP contribution < -0.4 is 10.2 Å². The number of piperidine rings is 1. The number of benzene rings is 1. The summed E-state index contributed by atoms with van der Waals surface area (Å²) in [7, 11) is 0. The third-order valence-electron chi connectivity index (χ3n) is 4.00. The minimum Gasteiger partial charge on any atom is -0.344 e. The van der Waals surface area contributed by atoms with Gasteiger partial charge in [0.15, 0.2) is 0 Å². The Labute approximate surface area is 139 Å². The molecule has 2 heterocycles. The molecule has 0 spiro atoms. The first-order chi connectivity index (χ1) is 11.6. The van der Waals surface area contributed by atoms with E-state index in [1.54, 1.807) is 42.7 Å². The number of hydrogen-bond acceptors (Lipinski definition) is 3. The van der Waals surface area contributed by atoms with Crippen LogP contribution in [0.3, 0.4) is 0 Å². The number of amides is 2. The average molecular weight is 327 g/mol. The van der Waals surface area contributed by atoms with Crippen LogP contribution in [0.5, 0.6) is 0 Å². The number of para-hydroxylation sites is 1. The van der Waals surface area contributed by atoms with E-state index < -0.39 is 11.9 Å². The van der Waals surface area contributed by atoms with Gasteiger partial charge in [-0.3, -0.25) is 14.6 Å². The van der Waals surface area contributed by atoms with E-state index in [1.807, 2.05) is 0 Å². The fourth-order valence-corrected chi connectivity index (χ4v) is 2.85. The van der Waals surface area contributed by atoms with Crippen molar-refractivity contribution in [2.24, 2.45) is 0 Å². The van der Waals surface area contributed by atoms with Gasteiger partial charge in [0.2, 0.25) is 11.8 Å². The molecule has 5 nitrogen and oxygen atoms in total. The van der Waals surface area contributed by atoms with Gasteiger partial charge in [-0.1, -0.05) is 18.2 Å². The number of nitrogens with one attached hydrogen (secondary N) is 1. The Morgan fingerprint density at radius 1 is 1.29 bits per heavy atom. The number of carbonyl (C=O) groups is 2. The molecule has 0 unspecified atom stereocenters. The van der Waals surface area contributed by atoms with Crippen LogP contribution >= 0.6 is 0 Å². The minimum atomic E-state index is -0.623. The highest BCUT2D eigenvalue weighted by Gasteiger charge is 2.31. The lowest BCUT2D eigenvalue weighted by Gasteiger charge is -2.32. The number of anilines is 1. The molecule has 124 valence electrons. The first-order valence-corrected chi connectivity index (χ1v) is 7.89. The zero-order chi connectivity index (χ0) is 16.9. The van der Waals surface area contributed by atoms with Gasteiger partial charge in [0.1, 0.15) is 11.9 Å². The van der Waals surface area contributed by atoms with Crippen molar-refractivity contribution in [3.05, 3.63) is 60.2 Å². The SMILES string of the molecule is O=C(Cc1cccnc1)N[C@@H]1CCCN(c2ccccc2F)C1=O. The summed E-state index contributed by atoms with van der Waals surface area (Å²) < 4.78 is 13.9. The van der Waals surface area contributed by atoms with Crippen LogP contribution in [-0.4, -0.2) is 29.4 Å². The van der Waals surface area contributed by atoms with E-state index in [4.69, 9.17) is 0 Å². The van der Waals surface area contributed by atoms with E-state index in [0.717, 1.165) is 5.56 Å². The summed E-state index contributed by atoms with van der Waals surface area (Å²) in [6.45, 7) is 0.453. The van der Waals surface area contributed by atoms with Gasteiger partial charge in [0.25, 0.3) is 0 Å². The summed E-state index contributed by atoms with van der Waals surface area (Å²) in [6, 6.07) is 9.12. The van der Waals surface area contributed by atoms with Crippen molar-refractivity contribution in [3.63, 3.8) is 0 Å². The number of rotatable bonds is 4. The third kappa shape index (κ3) is 3.59. The molecule has 0 aliphatic carbocycles. The lowest BCUT2D eigenvalue weighted by Crippen LogP contribution is -2.53. The van der Waals surface area contributed by atoms with Crippen molar-refractivity contribution in [1.82, 2.24) is 10.3 Å². The molecule has 1 atom stereocenters. The maximum atomic E-state index is 13.9. The van der Waals surface area contributed by atoms with Crippen LogP contribution in [0, 0.1) is 5.82 Å². The van der Waals surface area contributed by atoms with Crippen LogP contribution in [0.25, 0.3) is 0 Å². The van der Waals surface area contributed by atoms with Gasteiger partial charge < -0.3 is 10.2 Å². The van der Waals surface area contributed by atoms with Crippen LogP contribution in [0.1, 0.15) is 18.4 Å². The summed E-state index contributed by atoms with van der Waals surface area (Å²) in [6.07, 6.45) is 4.68. The van der Waals surface area contributed by atoms with Crippen molar-refractivity contribution >= 4 is 17.5 Å². The van der Waals surface area contributed by atoms with Gasteiger partial charge in [0, 0.05) is 18.9 Å². The van der Waals surface area contributed by atoms with Gasteiger partial charge in [-0.25, -0.2) is 4.39 Å². The summed E-state index contributed by atoms with van der Waals surface area (Å²) in [5, 5.41) is 2.76. The van der Waals surface area contributed by atoms with E-state index in [9.17, 15) is 14.0 Å². The number of aromatic nitrogens is 1. The summed E-state index contributed by atoms with van der Waals surface area (Å²) >= 11 is 0. The summed E-state index contributed by atoms with van der Waals surface area (Å²) in [4.78, 5) is 30.1. The molecule has 0 radical (unpaired) electrons. The second kappa shape index (κ2) is 7.21. The highest BCUT2D eigenvalue weighted by atomic mass is 19.1. The number of hydrogen-bond donors (Lipinski definition) is 1. The molecule has 1 aromatic heterocycles. The van der Waals surface area contributed by atoms with E-state index in [2.05, 4.69) is 10.3 Å². The molecular weight excluding hydrogens is 309 g/mol. The molecule has 1 fully saturated rings.